The Bertz CT molecular complexity index is 540. The molecule has 0 spiro atoms. The SMILES string of the molecule is O=c1c(Cl)c(Cl)cnn1-c1cccnn1. The Kier molecular flexibility index (Phi) is 2.66. The average Bonchev–Trinajstić information content (AvgIpc) is 2.27. The van der Waals surface area contributed by atoms with Gasteiger partial charge < -0.3 is 0 Å². The lowest BCUT2D eigenvalue weighted by Crippen LogP contribution is -2.22. The van der Waals surface area contributed by atoms with Crippen molar-refractivity contribution in [3.8, 4) is 5.82 Å². The minimum atomic E-state index is -0.523. The summed E-state index contributed by atoms with van der Waals surface area (Å²) in [5.74, 6) is 0.293. The number of rotatable bonds is 1. The molecule has 2 heterocycles. The molecule has 0 saturated carbocycles. The molecule has 0 radical (unpaired) electrons. The zero-order valence-electron chi connectivity index (χ0n) is 7.26. The maximum absolute atomic E-state index is 11.6. The molecular weight excluding hydrogens is 239 g/mol. The Hall–Kier alpha value is -1.46. The molecule has 2 aromatic heterocycles. The van der Waals surface area contributed by atoms with E-state index in [2.05, 4.69) is 15.3 Å². The van der Waals surface area contributed by atoms with E-state index >= 15 is 0 Å². The molecule has 76 valence electrons. The molecule has 0 atom stereocenters. The predicted octanol–water partition coefficient (Wildman–Crippen LogP) is 1.33. The van der Waals surface area contributed by atoms with Gasteiger partial charge in [0.2, 0.25) is 0 Å². The minimum absolute atomic E-state index is 0.0858. The first kappa shape index (κ1) is 10.1. The zero-order chi connectivity index (χ0) is 10.8. The van der Waals surface area contributed by atoms with Crippen molar-refractivity contribution in [3.63, 3.8) is 0 Å². The van der Waals surface area contributed by atoms with Gasteiger partial charge >= 0.3 is 0 Å². The number of halogens is 2. The molecule has 2 aromatic rings. The van der Waals surface area contributed by atoms with Gasteiger partial charge in [-0.05, 0) is 12.1 Å². The van der Waals surface area contributed by atoms with Crippen LogP contribution in [0.2, 0.25) is 10.0 Å². The maximum Gasteiger partial charge on any atom is 0.293 e. The topological polar surface area (TPSA) is 60.7 Å². The van der Waals surface area contributed by atoms with Crippen LogP contribution in [-0.4, -0.2) is 20.0 Å². The van der Waals surface area contributed by atoms with Gasteiger partial charge in [-0.3, -0.25) is 4.79 Å². The molecule has 0 amide bonds. The fraction of sp³-hybridized carbons (Fsp3) is 0. The van der Waals surface area contributed by atoms with Crippen LogP contribution in [-0.2, 0) is 0 Å². The molecule has 0 bridgehead atoms. The van der Waals surface area contributed by atoms with E-state index in [0.717, 1.165) is 4.68 Å². The molecule has 2 rings (SSSR count). The third-order valence-electron chi connectivity index (χ3n) is 1.65. The summed E-state index contributed by atoms with van der Waals surface area (Å²) in [6, 6.07) is 3.23. The van der Waals surface area contributed by atoms with Gasteiger partial charge in [-0.2, -0.15) is 14.9 Å². The van der Waals surface area contributed by atoms with Gasteiger partial charge in [-0.25, -0.2) is 0 Å². The van der Waals surface area contributed by atoms with Crippen LogP contribution in [0.4, 0.5) is 0 Å². The van der Waals surface area contributed by atoms with Crippen molar-refractivity contribution < 1.29 is 0 Å². The van der Waals surface area contributed by atoms with Crippen molar-refractivity contribution in [2.24, 2.45) is 0 Å². The van der Waals surface area contributed by atoms with E-state index in [1.165, 1.54) is 12.4 Å². The predicted molar refractivity (Wildman–Crippen MR) is 55.4 cm³/mol. The summed E-state index contributed by atoms with van der Waals surface area (Å²) in [6.45, 7) is 0. The Balaban J connectivity index is 2.66. The Morgan fingerprint density at radius 2 is 2.13 bits per heavy atom. The molecule has 15 heavy (non-hydrogen) atoms. The third kappa shape index (κ3) is 1.84. The number of nitrogens with zero attached hydrogens (tertiary/aromatic N) is 4. The van der Waals surface area contributed by atoms with Crippen LogP contribution < -0.4 is 5.56 Å². The van der Waals surface area contributed by atoms with Gasteiger partial charge in [0.05, 0.1) is 11.2 Å². The van der Waals surface area contributed by atoms with Crippen LogP contribution in [0.5, 0.6) is 0 Å². The van der Waals surface area contributed by atoms with Crippen molar-refractivity contribution in [1.82, 2.24) is 20.0 Å². The maximum atomic E-state index is 11.6. The van der Waals surface area contributed by atoms with Gasteiger partial charge in [-0.15, -0.1) is 5.10 Å². The highest BCUT2D eigenvalue weighted by molar-refractivity contribution is 6.41. The standard InChI is InChI=1S/C8H4Cl2N4O/c9-5-4-12-14(8(15)7(5)10)6-2-1-3-11-13-6/h1-4H. The van der Waals surface area contributed by atoms with E-state index < -0.39 is 5.56 Å². The molecule has 0 aliphatic heterocycles. The van der Waals surface area contributed by atoms with Crippen LogP contribution >= 0.6 is 23.2 Å². The van der Waals surface area contributed by atoms with E-state index in [-0.39, 0.29) is 10.0 Å². The first-order chi connectivity index (χ1) is 7.20. The molecule has 0 aliphatic carbocycles. The Morgan fingerprint density at radius 1 is 1.33 bits per heavy atom. The summed E-state index contributed by atoms with van der Waals surface area (Å²) in [6.07, 6.45) is 2.77. The molecule has 5 nitrogen and oxygen atoms in total. The minimum Gasteiger partial charge on any atom is -0.266 e. The molecule has 0 saturated heterocycles. The highest BCUT2D eigenvalue weighted by atomic mass is 35.5. The van der Waals surface area contributed by atoms with Gasteiger partial charge in [0.25, 0.3) is 5.56 Å². The lowest BCUT2D eigenvalue weighted by Gasteiger charge is -2.02. The molecule has 0 fully saturated rings. The van der Waals surface area contributed by atoms with E-state index in [4.69, 9.17) is 23.2 Å². The summed E-state index contributed by atoms with van der Waals surface area (Å²) in [5.41, 5.74) is -0.523. The lowest BCUT2D eigenvalue weighted by molar-refractivity contribution is 0.760. The van der Waals surface area contributed by atoms with Crippen molar-refractivity contribution in [1.29, 1.82) is 0 Å². The zero-order valence-corrected chi connectivity index (χ0v) is 8.77. The highest BCUT2D eigenvalue weighted by Crippen LogP contribution is 2.15. The van der Waals surface area contributed by atoms with Crippen molar-refractivity contribution >= 4 is 23.2 Å². The van der Waals surface area contributed by atoms with Crippen LogP contribution in [0.3, 0.4) is 0 Å². The summed E-state index contributed by atoms with van der Waals surface area (Å²) >= 11 is 11.3. The Labute approximate surface area is 94.3 Å². The summed E-state index contributed by atoms with van der Waals surface area (Å²) < 4.78 is 1.03. The van der Waals surface area contributed by atoms with Gasteiger partial charge in [0, 0.05) is 6.20 Å². The van der Waals surface area contributed by atoms with Crippen molar-refractivity contribution in [3.05, 3.63) is 44.9 Å². The van der Waals surface area contributed by atoms with Crippen LogP contribution in [0.15, 0.2) is 29.3 Å². The molecule has 7 heteroatoms. The fourth-order valence-electron chi connectivity index (χ4n) is 0.982. The smallest absolute Gasteiger partial charge is 0.266 e. The molecular formula is C8H4Cl2N4O. The summed E-state index contributed by atoms with van der Waals surface area (Å²) in [5, 5.41) is 11.2. The van der Waals surface area contributed by atoms with Crippen LogP contribution in [0, 0.1) is 0 Å². The van der Waals surface area contributed by atoms with E-state index in [1.54, 1.807) is 12.1 Å². The van der Waals surface area contributed by atoms with Crippen molar-refractivity contribution in [2.45, 2.75) is 0 Å². The van der Waals surface area contributed by atoms with Gasteiger partial charge in [0.1, 0.15) is 5.02 Å². The van der Waals surface area contributed by atoms with E-state index in [0.29, 0.717) is 5.82 Å². The van der Waals surface area contributed by atoms with Crippen LogP contribution in [0.1, 0.15) is 0 Å². The quantitative estimate of drug-likeness (QED) is 0.757. The molecule has 0 N–H and O–H groups in total. The summed E-state index contributed by atoms with van der Waals surface area (Å²) in [4.78, 5) is 11.6. The first-order valence-electron chi connectivity index (χ1n) is 3.91. The van der Waals surface area contributed by atoms with E-state index in [1.807, 2.05) is 0 Å². The fourth-order valence-corrected chi connectivity index (χ4v) is 1.24. The van der Waals surface area contributed by atoms with Crippen LogP contribution in [0.25, 0.3) is 5.82 Å². The molecule has 0 aliphatic rings. The number of hydrogen-bond acceptors (Lipinski definition) is 4. The normalized spacial score (nSPS) is 10.3. The van der Waals surface area contributed by atoms with Gasteiger partial charge in [0.15, 0.2) is 5.82 Å². The lowest BCUT2D eigenvalue weighted by atomic mass is 10.5. The molecule has 0 unspecified atom stereocenters. The second kappa shape index (κ2) is 3.96. The largest absolute Gasteiger partial charge is 0.293 e. The number of aromatic nitrogens is 4. The monoisotopic (exact) mass is 242 g/mol. The third-order valence-corrected chi connectivity index (χ3v) is 2.40. The first-order valence-corrected chi connectivity index (χ1v) is 4.67. The van der Waals surface area contributed by atoms with Crippen molar-refractivity contribution in [2.75, 3.05) is 0 Å². The second-order valence-electron chi connectivity index (χ2n) is 2.61. The second-order valence-corrected chi connectivity index (χ2v) is 3.39. The molecule has 0 aromatic carbocycles. The summed E-state index contributed by atoms with van der Waals surface area (Å²) in [7, 11) is 0. The van der Waals surface area contributed by atoms with Gasteiger partial charge in [-0.1, -0.05) is 23.2 Å². The Morgan fingerprint density at radius 3 is 2.80 bits per heavy atom. The number of hydrogen-bond donors (Lipinski definition) is 0. The van der Waals surface area contributed by atoms with E-state index in [9.17, 15) is 4.79 Å². The highest BCUT2D eigenvalue weighted by Gasteiger charge is 2.09. The average molecular weight is 243 g/mol.